The maximum absolute atomic E-state index is 11.5. The normalized spacial score (nSPS) is 11.9. The van der Waals surface area contributed by atoms with Crippen LogP contribution in [0.5, 0.6) is 0 Å². The van der Waals surface area contributed by atoms with Crippen LogP contribution in [0, 0.1) is 0 Å². The van der Waals surface area contributed by atoms with Gasteiger partial charge in [-0.25, -0.2) is 0 Å². The summed E-state index contributed by atoms with van der Waals surface area (Å²) in [4.78, 5) is 23.6. The van der Waals surface area contributed by atoms with Crippen LogP contribution >= 0.6 is 0 Å². The average molecular weight is 250 g/mol. The number of carboxylic acids is 1. The minimum absolute atomic E-state index is 0.0324. The number of hydrogen-bond donors (Lipinski definition) is 2. The molecule has 0 fully saturated rings. The van der Waals surface area contributed by atoms with E-state index in [4.69, 9.17) is 10.8 Å². The average Bonchev–Trinajstić information content (AvgIpc) is 2.31. The molecule has 0 radical (unpaired) electrons. The van der Waals surface area contributed by atoms with Crippen molar-refractivity contribution in [2.75, 3.05) is 14.1 Å². The summed E-state index contributed by atoms with van der Waals surface area (Å²) in [6.45, 7) is 0. The van der Waals surface area contributed by atoms with E-state index in [0.29, 0.717) is 6.42 Å². The van der Waals surface area contributed by atoms with Crippen molar-refractivity contribution in [2.24, 2.45) is 5.73 Å². The molecule has 5 nitrogen and oxygen atoms in total. The van der Waals surface area contributed by atoms with Gasteiger partial charge in [0.15, 0.2) is 0 Å². The Morgan fingerprint density at radius 1 is 1.22 bits per heavy atom. The van der Waals surface area contributed by atoms with Gasteiger partial charge in [0.25, 0.3) is 0 Å². The zero-order chi connectivity index (χ0) is 13.7. The van der Waals surface area contributed by atoms with E-state index in [-0.39, 0.29) is 12.3 Å². The molecular formula is C13H18N2O3. The van der Waals surface area contributed by atoms with Crippen LogP contribution in [0.25, 0.3) is 0 Å². The molecule has 3 N–H and O–H groups in total. The molecule has 5 heteroatoms. The lowest BCUT2D eigenvalue weighted by atomic mass is 10.0. The van der Waals surface area contributed by atoms with E-state index >= 15 is 0 Å². The second-order valence-electron chi connectivity index (χ2n) is 4.43. The summed E-state index contributed by atoms with van der Waals surface area (Å²) in [6, 6.07) is 6.37. The van der Waals surface area contributed by atoms with E-state index in [9.17, 15) is 9.59 Å². The number of benzene rings is 1. The predicted octanol–water partition coefficient (Wildman–Crippen LogP) is 0.272. The smallest absolute Gasteiger partial charge is 0.320 e. The molecule has 18 heavy (non-hydrogen) atoms. The molecule has 0 heterocycles. The van der Waals surface area contributed by atoms with E-state index in [2.05, 4.69) is 0 Å². The van der Waals surface area contributed by atoms with Crippen molar-refractivity contribution < 1.29 is 14.7 Å². The molecule has 0 unspecified atom stereocenters. The highest BCUT2D eigenvalue weighted by molar-refractivity contribution is 5.78. The van der Waals surface area contributed by atoms with E-state index in [1.165, 1.54) is 4.90 Å². The second-order valence-corrected chi connectivity index (χ2v) is 4.43. The zero-order valence-electron chi connectivity index (χ0n) is 10.6. The van der Waals surface area contributed by atoms with Gasteiger partial charge in [-0.05, 0) is 17.5 Å². The molecule has 1 aromatic carbocycles. The summed E-state index contributed by atoms with van der Waals surface area (Å²) in [5, 5.41) is 8.70. The maximum atomic E-state index is 11.5. The van der Waals surface area contributed by atoms with Crippen LogP contribution in [-0.2, 0) is 22.4 Å². The standard InChI is InChI=1S/C13H18N2O3/c1-15(2)12(16)8-10-5-3-9(4-6-10)7-11(14)13(17)18/h3-6,11H,7-8,14H2,1-2H3,(H,17,18)/t11-/m0/s1. The van der Waals surface area contributed by atoms with Gasteiger partial charge in [0, 0.05) is 14.1 Å². The third-order valence-corrected chi connectivity index (χ3v) is 2.65. The third-order valence-electron chi connectivity index (χ3n) is 2.65. The lowest BCUT2D eigenvalue weighted by molar-refractivity contribution is -0.138. The van der Waals surface area contributed by atoms with Crippen LogP contribution < -0.4 is 5.73 Å². The summed E-state index contributed by atoms with van der Waals surface area (Å²) in [7, 11) is 3.42. The van der Waals surface area contributed by atoms with Gasteiger partial charge in [0.05, 0.1) is 6.42 Å². The van der Waals surface area contributed by atoms with Crippen molar-refractivity contribution in [3.05, 3.63) is 35.4 Å². The Balaban J connectivity index is 2.63. The predicted molar refractivity (Wildman–Crippen MR) is 68.2 cm³/mol. The topological polar surface area (TPSA) is 83.6 Å². The van der Waals surface area contributed by atoms with Crippen LogP contribution in [0.2, 0.25) is 0 Å². The van der Waals surface area contributed by atoms with Crippen molar-refractivity contribution in [1.82, 2.24) is 4.90 Å². The summed E-state index contributed by atoms with van der Waals surface area (Å²) in [5.41, 5.74) is 7.20. The molecule has 98 valence electrons. The monoisotopic (exact) mass is 250 g/mol. The number of carbonyl (C=O) groups excluding carboxylic acids is 1. The van der Waals surface area contributed by atoms with Gasteiger partial charge in [-0.2, -0.15) is 0 Å². The number of carbonyl (C=O) groups is 2. The first kappa shape index (κ1) is 14.2. The number of rotatable bonds is 5. The summed E-state index contributed by atoms with van der Waals surface area (Å²) in [5.74, 6) is -0.980. The van der Waals surface area contributed by atoms with Gasteiger partial charge in [-0.3, -0.25) is 9.59 Å². The SMILES string of the molecule is CN(C)C(=O)Cc1ccc(C[C@H](N)C(=O)O)cc1. The number of likely N-dealkylation sites (N-methyl/N-ethyl adjacent to an activating group) is 1. The largest absolute Gasteiger partial charge is 0.480 e. The molecule has 0 aliphatic heterocycles. The molecule has 0 saturated carbocycles. The number of nitrogens with two attached hydrogens (primary N) is 1. The fourth-order valence-electron chi connectivity index (χ4n) is 1.47. The van der Waals surface area contributed by atoms with Crippen LogP contribution in [0.1, 0.15) is 11.1 Å². The summed E-state index contributed by atoms with van der Waals surface area (Å²) >= 11 is 0. The molecule has 0 aliphatic carbocycles. The molecule has 1 aromatic rings. The highest BCUT2D eigenvalue weighted by Gasteiger charge is 2.12. The van der Waals surface area contributed by atoms with Crippen LogP contribution in [0.4, 0.5) is 0 Å². The quantitative estimate of drug-likeness (QED) is 0.785. The van der Waals surface area contributed by atoms with Crippen LogP contribution in [0.15, 0.2) is 24.3 Å². The van der Waals surface area contributed by atoms with Crippen molar-refractivity contribution in [1.29, 1.82) is 0 Å². The molecule has 1 rings (SSSR count). The van der Waals surface area contributed by atoms with Crippen LogP contribution in [-0.4, -0.2) is 42.0 Å². The number of aliphatic carboxylic acids is 1. The Bertz CT molecular complexity index is 426. The van der Waals surface area contributed by atoms with E-state index in [1.807, 2.05) is 12.1 Å². The van der Waals surface area contributed by atoms with Gasteiger partial charge >= 0.3 is 5.97 Å². The van der Waals surface area contributed by atoms with Crippen molar-refractivity contribution in [2.45, 2.75) is 18.9 Å². The Morgan fingerprint density at radius 2 is 1.72 bits per heavy atom. The minimum Gasteiger partial charge on any atom is -0.480 e. The highest BCUT2D eigenvalue weighted by Crippen LogP contribution is 2.08. The first-order valence-electron chi connectivity index (χ1n) is 5.66. The zero-order valence-corrected chi connectivity index (χ0v) is 10.6. The third kappa shape index (κ3) is 4.18. The van der Waals surface area contributed by atoms with E-state index in [1.54, 1.807) is 26.2 Å². The van der Waals surface area contributed by atoms with Crippen molar-refractivity contribution in [3.63, 3.8) is 0 Å². The Kier molecular flexibility index (Phi) is 4.85. The second kappa shape index (κ2) is 6.16. The van der Waals surface area contributed by atoms with Crippen molar-refractivity contribution >= 4 is 11.9 Å². The number of nitrogens with zero attached hydrogens (tertiary/aromatic N) is 1. The molecule has 1 atom stereocenters. The lowest BCUT2D eigenvalue weighted by Gasteiger charge is -2.11. The van der Waals surface area contributed by atoms with Crippen LogP contribution in [0.3, 0.4) is 0 Å². The van der Waals surface area contributed by atoms with Crippen molar-refractivity contribution in [3.8, 4) is 0 Å². The first-order valence-corrected chi connectivity index (χ1v) is 5.66. The highest BCUT2D eigenvalue weighted by atomic mass is 16.4. The van der Waals surface area contributed by atoms with Gasteiger partial charge in [-0.15, -0.1) is 0 Å². The molecule has 0 aliphatic rings. The van der Waals surface area contributed by atoms with Gasteiger partial charge in [0.1, 0.15) is 6.04 Å². The van der Waals surface area contributed by atoms with Gasteiger partial charge in [0.2, 0.25) is 5.91 Å². The molecule has 0 spiro atoms. The lowest BCUT2D eigenvalue weighted by Crippen LogP contribution is -2.32. The number of carboxylic acid groups (broad SMARTS) is 1. The number of amides is 1. The Morgan fingerprint density at radius 3 is 2.17 bits per heavy atom. The summed E-state index contributed by atoms with van der Waals surface area (Å²) in [6.07, 6.45) is 0.634. The molecule has 1 amide bonds. The van der Waals surface area contributed by atoms with E-state index < -0.39 is 12.0 Å². The van der Waals surface area contributed by atoms with E-state index in [0.717, 1.165) is 11.1 Å². The fourth-order valence-corrected chi connectivity index (χ4v) is 1.47. The minimum atomic E-state index is -1.01. The Labute approximate surface area is 106 Å². The molecule has 0 aromatic heterocycles. The Hall–Kier alpha value is -1.88. The maximum Gasteiger partial charge on any atom is 0.320 e. The molecule has 0 saturated heterocycles. The van der Waals surface area contributed by atoms with Gasteiger partial charge in [-0.1, -0.05) is 24.3 Å². The molecule has 0 bridgehead atoms. The fraction of sp³-hybridized carbons (Fsp3) is 0.385. The number of hydrogen-bond acceptors (Lipinski definition) is 3. The van der Waals surface area contributed by atoms with Gasteiger partial charge < -0.3 is 15.7 Å². The summed E-state index contributed by atoms with van der Waals surface area (Å²) < 4.78 is 0. The first-order chi connectivity index (χ1) is 8.40. The molecular weight excluding hydrogens is 232 g/mol.